The third kappa shape index (κ3) is 1.91. The molecule has 0 amide bonds. The highest BCUT2D eigenvalue weighted by atomic mass is 16.5. The summed E-state index contributed by atoms with van der Waals surface area (Å²) in [5.41, 5.74) is 0.326. The van der Waals surface area contributed by atoms with Crippen molar-refractivity contribution in [3.8, 4) is 0 Å². The highest BCUT2D eigenvalue weighted by molar-refractivity contribution is 5.12. The fourth-order valence-corrected chi connectivity index (χ4v) is 4.31. The van der Waals surface area contributed by atoms with Gasteiger partial charge in [0.05, 0.1) is 6.10 Å². The van der Waals surface area contributed by atoms with E-state index in [1.54, 1.807) is 0 Å². The van der Waals surface area contributed by atoms with Crippen LogP contribution in [-0.4, -0.2) is 48.8 Å². The molecule has 18 heavy (non-hydrogen) atoms. The van der Waals surface area contributed by atoms with Crippen molar-refractivity contribution in [2.75, 3.05) is 19.7 Å². The summed E-state index contributed by atoms with van der Waals surface area (Å²) in [6, 6.07) is 2.05. The van der Waals surface area contributed by atoms with Crippen molar-refractivity contribution in [3.63, 3.8) is 0 Å². The maximum atomic E-state index is 5.87. The maximum absolute atomic E-state index is 5.87. The van der Waals surface area contributed by atoms with Crippen molar-refractivity contribution in [2.24, 2.45) is 11.3 Å². The summed E-state index contributed by atoms with van der Waals surface area (Å²) >= 11 is 0. The van der Waals surface area contributed by atoms with Gasteiger partial charge in [0, 0.05) is 42.6 Å². The topological polar surface area (TPSA) is 24.5 Å². The highest BCUT2D eigenvalue weighted by Crippen LogP contribution is 2.52. The van der Waals surface area contributed by atoms with E-state index in [0.29, 0.717) is 29.6 Å². The molecule has 0 bridgehead atoms. The molecule has 2 saturated heterocycles. The van der Waals surface area contributed by atoms with Crippen LogP contribution in [0.3, 0.4) is 0 Å². The summed E-state index contributed by atoms with van der Waals surface area (Å²) in [5.74, 6) is 0.771. The molecule has 0 radical (unpaired) electrons. The van der Waals surface area contributed by atoms with Gasteiger partial charge in [0.15, 0.2) is 0 Å². The molecular weight excluding hydrogens is 224 g/mol. The highest BCUT2D eigenvalue weighted by Gasteiger charge is 2.59. The van der Waals surface area contributed by atoms with Gasteiger partial charge in [-0.3, -0.25) is 4.90 Å². The molecule has 4 atom stereocenters. The molecule has 104 valence electrons. The minimum absolute atomic E-state index is 0.326. The monoisotopic (exact) mass is 252 g/mol. The fraction of sp³-hybridized carbons (Fsp3) is 1.00. The molecular formula is C15H28N2O. The van der Waals surface area contributed by atoms with Crippen LogP contribution in [0.15, 0.2) is 0 Å². The average Bonchev–Trinajstić information content (AvgIpc) is 2.94. The Balaban J connectivity index is 1.58. The Morgan fingerprint density at radius 3 is 2.72 bits per heavy atom. The van der Waals surface area contributed by atoms with Gasteiger partial charge < -0.3 is 10.1 Å². The van der Waals surface area contributed by atoms with Gasteiger partial charge in [-0.25, -0.2) is 0 Å². The second kappa shape index (κ2) is 4.46. The average molecular weight is 252 g/mol. The van der Waals surface area contributed by atoms with Gasteiger partial charge in [-0.2, -0.15) is 0 Å². The van der Waals surface area contributed by atoms with E-state index in [1.165, 1.54) is 25.9 Å². The third-order valence-corrected chi connectivity index (χ3v) is 5.47. The number of fused-ring (bicyclic) bond motifs is 1. The van der Waals surface area contributed by atoms with Gasteiger partial charge in [-0.1, -0.05) is 13.8 Å². The zero-order chi connectivity index (χ0) is 12.9. The number of nitrogens with zero attached hydrogens (tertiary/aromatic N) is 1. The molecule has 0 aromatic rings. The van der Waals surface area contributed by atoms with Gasteiger partial charge in [0.25, 0.3) is 0 Å². The van der Waals surface area contributed by atoms with Gasteiger partial charge in [-0.15, -0.1) is 0 Å². The summed E-state index contributed by atoms with van der Waals surface area (Å²) < 4.78 is 5.87. The lowest BCUT2D eigenvalue weighted by Crippen LogP contribution is -2.67. The van der Waals surface area contributed by atoms with Crippen LogP contribution in [0.5, 0.6) is 0 Å². The Labute approximate surface area is 111 Å². The molecule has 0 unspecified atom stereocenters. The van der Waals surface area contributed by atoms with E-state index in [4.69, 9.17) is 4.74 Å². The number of hydrogen-bond donors (Lipinski definition) is 1. The van der Waals surface area contributed by atoms with Crippen molar-refractivity contribution in [3.05, 3.63) is 0 Å². The van der Waals surface area contributed by atoms with E-state index in [1.807, 2.05) is 0 Å². The van der Waals surface area contributed by atoms with E-state index in [9.17, 15) is 0 Å². The van der Waals surface area contributed by atoms with Crippen LogP contribution < -0.4 is 5.32 Å². The number of likely N-dealkylation sites (tertiary alicyclic amines) is 1. The van der Waals surface area contributed by atoms with Gasteiger partial charge >= 0.3 is 0 Å². The van der Waals surface area contributed by atoms with Crippen LogP contribution in [-0.2, 0) is 4.74 Å². The second-order valence-corrected chi connectivity index (χ2v) is 7.28. The smallest absolute Gasteiger partial charge is 0.0685 e. The van der Waals surface area contributed by atoms with Crippen molar-refractivity contribution < 1.29 is 4.74 Å². The minimum atomic E-state index is 0.326. The SMILES string of the molecule is CC(C)N1CC[C@H](N[C@@H]2[C@H]3CCO[C@@H]3C2(C)C)C1. The standard InChI is InChI=1S/C15H28N2O/c1-10(2)17-7-5-11(9-17)16-13-12-6-8-18-14(12)15(13,3)4/h10-14,16H,5-9H2,1-4H3/t11-,12+,13+,14-/m0/s1. The van der Waals surface area contributed by atoms with E-state index >= 15 is 0 Å². The lowest BCUT2D eigenvalue weighted by Gasteiger charge is -2.55. The van der Waals surface area contributed by atoms with E-state index in [2.05, 4.69) is 37.9 Å². The Morgan fingerprint density at radius 1 is 1.28 bits per heavy atom. The van der Waals surface area contributed by atoms with Gasteiger partial charge in [-0.05, 0) is 33.2 Å². The van der Waals surface area contributed by atoms with E-state index in [-0.39, 0.29) is 0 Å². The van der Waals surface area contributed by atoms with Crippen LogP contribution in [0, 0.1) is 11.3 Å². The zero-order valence-corrected chi connectivity index (χ0v) is 12.3. The van der Waals surface area contributed by atoms with Crippen molar-refractivity contribution in [1.29, 1.82) is 0 Å². The molecule has 2 aliphatic heterocycles. The van der Waals surface area contributed by atoms with Crippen LogP contribution in [0.2, 0.25) is 0 Å². The number of ether oxygens (including phenoxy) is 1. The van der Waals surface area contributed by atoms with Crippen molar-refractivity contribution in [1.82, 2.24) is 10.2 Å². The molecule has 3 nitrogen and oxygen atoms in total. The lowest BCUT2D eigenvalue weighted by molar-refractivity contribution is -0.115. The summed E-state index contributed by atoms with van der Waals surface area (Å²) in [6.45, 7) is 12.8. The van der Waals surface area contributed by atoms with Crippen molar-refractivity contribution in [2.45, 2.75) is 64.8 Å². The molecule has 0 aromatic carbocycles. The molecule has 1 aliphatic carbocycles. The first-order chi connectivity index (χ1) is 8.50. The van der Waals surface area contributed by atoms with Crippen LogP contribution in [0.25, 0.3) is 0 Å². The predicted octanol–water partition coefficient (Wildman–Crippen LogP) is 1.87. The molecule has 0 spiro atoms. The van der Waals surface area contributed by atoms with Crippen LogP contribution in [0.1, 0.15) is 40.5 Å². The summed E-state index contributed by atoms with van der Waals surface area (Å²) in [4.78, 5) is 2.59. The molecule has 0 aromatic heterocycles. The number of rotatable bonds is 3. The van der Waals surface area contributed by atoms with Gasteiger partial charge in [0.2, 0.25) is 0 Å². The van der Waals surface area contributed by atoms with Crippen molar-refractivity contribution >= 4 is 0 Å². The molecule has 1 N–H and O–H groups in total. The number of hydrogen-bond acceptors (Lipinski definition) is 3. The van der Waals surface area contributed by atoms with Gasteiger partial charge in [0.1, 0.15) is 0 Å². The van der Waals surface area contributed by atoms with E-state index < -0.39 is 0 Å². The zero-order valence-electron chi connectivity index (χ0n) is 12.3. The second-order valence-electron chi connectivity index (χ2n) is 7.28. The summed E-state index contributed by atoms with van der Waals surface area (Å²) in [7, 11) is 0. The maximum Gasteiger partial charge on any atom is 0.0685 e. The van der Waals surface area contributed by atoms with Crippen LogP contribution in [0.4, 0.5) is 0 Å². The fourth-order valence-electron chi connectivity index (χ4n) is 4.31. The number of nitrogens with one attached hydrogen (secondary N) is 1. The van der Waals surface area contributed by atoms with E-state index in [0.717, 1.165) is 12.5 Å². The molecule has 3 heteroatoms. The molecule has 3 aliphatic rings. The molecule has 3 fully saturated rings. The Bertz CT molecular complexity index is 316. The lowest BCUT2D eigenvalue weighted by atomic mass is 9.57. The largest absolute Gasteiger partial charge is 0.377 e. The Hall–Kier alpha value is -0.120. The molecule has 3 rings (SSSR count). The first-order valence-corrected chi connectivity index (χ1v) is 7.62. The minimum Gasteiger partial charge on any atom is -0.377 e. The third-order valence-electron chi connectivity index (χ3n) is 5.47. The first kappa shape index (κ1) is 12.9. The summed E-state index contributed by atoms with van der Waals surface area (Å²) in [6.07, 6.45) is 3.08. The first-order valence-electron chi connectivity index (χ1n) is 7.62. The summed E-state index contributed by atoms with van der Waals surface area (Å²) in [5, 5.41) is 3.94. The normalized spacial score (nSPS) is 43.2. The Kier molecular flexibility index (Phi) is 3.20. The molecule has 1 saturated carbocycles. The quantitative estimate of drug-likeness (QED) is 0.830. The van der Waals surface area contributed by atoms with Crippen LogP contribution >= 0.6 is 0 Å². The Morgan fingerprint density at radius 2 is 2.06 bits per heavy atom. The predicted molar refractivity (Wildman–Crippen MR) is 73.7 cm³/mol. The molecule has 2 heterocycles.